The fraction of sp³-hybridized carbons (Fsp3) is 0.227. The van der Waals surface area contributed by atoms with Crippen LogP contribution in [0, 0.1) is 0 Å². The highest BCUT2D eigenvalue weighted by molar-refractivity contribution is 6.03. The Bertz CT molecular complexity index is 1020. The van der Waals surface area contributed by atoms with Crippen molar-refractivity contribution in [1.82, 2.24) is 0 Å². The molecule has 1 fully saturated rings. The molecule has 0 bridgehead atoms. The molecule has 1 amide bonds. The van der Waals surface area contributed by atoms with Crippen molar-refractivity contribution >= 4 is 35.3 Å². The first kappa shape index (κ1) is 18.7. The van der Waals surface area contributed by atoms with Crippen molar-refractivity contribution in [2.45, 2.75) is 13.3 Å². The molecule has 4 rings (SSSR count). The van der Waals surface area contributed by atoms with Crippen molar-refractivity contribution in [2.24, 2.45) is 10.7 Å². The number of hydrogen-bond donors (Lipinski definition) is 1. The summed E-state index contributed by atoms with van der Waals surface area (Å²) in [6, 6.07) is 13.5. The molecule has 2 aliphatic rings. The van der Waals surface area contributed by atoms with Crippen LogP contribution in [-0.4, -0.2) is 37.7 Å². The van der Waals surface area contributed by atoms with E-state index >= 15 is 0 Å². The number of carbonyl (C=O) groups excluding carboxylic acids is 2. The predicted molar refractivity (Wildman–Crippen MR) is 111 cm³/mol. The second-order valence-electron chi connectivity index (χ2n) is 6.76. The average Bonchev–Trinajstić information content (AvgIpc) is 3.06. The Morgan fingerprint density at radius 1 is 1.21 bits per heavy atom. The number of hydrogen-bond acceptors (Lipinski definition) is 6. The maximum absolute atomic E-state index is 12.2. The summed E-state index contributed by atoms with van der Waals surface area (Å²) in [5.74, 6) is -0.0107. The van der Waals surface area contributed by atoms with E-state index in [-0.39, 0.29) is 18.5 Å². The van der Waals surface area contributed by atoms with E-state index in [4.69, 9.17) is 15.2 Å². The summed E-state index contributed by atoms with van der Waals surface area (Å²) in [6.07, 6.45) is 1.72. The van der Waals surface area contributed by atoms with Crippen molar-refractivity contribution in [3.05, 3.63) is 53.6 Å². The molecular weight excluding hydrogens is 370 g/mol. The second kappa shape index (κ2) is 7.79. The predicted octanol–water partition coefficient (Wildman–Crippen LogP) is 3.65. The van der Waals surface area contributed by atoms with Gasteiger partial charge in [-0.25, -0.2) is 14.6 Å². The lowest BCUT2D eigenvalue weighted by atomic mass is 10.00. The molecular formula is C22H21N3O4. The zero-order valence-corrected chi connectivity index (χ0v) is 16.1. The minimum absolute atomic E-state index is 0.253. The standard InChI is InChI=1S/C22H21N3O4/c1-2-28-21(26)17-12-16-11-15(5-8-19(16)24-20(23)13-17)14-3-6-18(7-4-14)25-9-10-29-22(25)27/h3-8,11-12H,2,9-10,13H2,1H3,(H2,23,24). The molecule has 0 atom stereocenters. The Morgan fingerprint density at radius 2 is 1.97 bits per heavy atom. The molecule has 0 spiro atoms. The number of aliphatic imine (C=N–C) groups is 1. The molecule has 2 N–H and O–H groups in total. The lowest BCUT2D eigenvalue weighted by Crippen LogP contribution is -2.23. The molecule has 7 nitrogen and oxygen atoms in total. The van der Waals surface area contributed by atoms with E-state index in [9.17, 15) is 9.59 Å². The SMILES string of the molecule is CCOC(=O)C1=Cc2cc(-c3ccc(N4CCOC4=O)cc3)ccc2N=C(N)C1. The maximum atomic E-state index is 12.2. The first-order valence-corrected chi connectivity index (χ1v) is 9.44. The van der Waals surface area contributed by atoms with Crippen LogP contribution in [0.25, 0.3) is 17.2 Å². The molecule has 7 heteroatoms. The van der Waals surface area contributed by atoms with Crippen LogP contribution in [0.15, 0.2) is 53.0 Å². The van der Waals surface area contributed by atoms with Gasteiger partial charge in [0.05, 0.1) is 18.8 Å². The Kier molecular flexibility index (Phi) is 5.03. The third kappa shape index (κ3) is 3.85. The van der Waals surface area contributed by atoms with Gasteiger partial charge in [0.15, 0.2) is 0 Å². The molecule has 2 aliphatic heterocycles. The number of nitrogens with zero attached hydrogens (tertiary/aromatic N) is 2. The minimum atomic E-state index is -0.384. The fourth-order valence-corrected chi connectivity index (χ4v) is 3.40. The molecule has 0 radical (unpaired) electrons. The van der Waals surface area contributed by atoms with Gasteiger partial charge < -0.3 is 15.2 Å². The molecule has 0 aliphatic carbocycles. The van der Waals surface area contributed by atoms with Gasteiger partial charge in [-0.1, -0.05) is 18.2 Å². The normalized spacial score (nSPS) is 15.8. The number of amides is 1. The van der Waals surface area contributed by atoms with Gasteiger partial charge in [0.2, 0.25) is 0 Å². The molecule has 2 aromatic carbocycles. The van der Waals surface area contributed by atoms with Crippen LogP contribution >= 0.6 is 0 Å². The maximum Gasteiger partial charge on any atom is 0.414 e. The summed E-state index contributed by atoms with van der Waals surface area (Å²) in [5.41, 5.74) is 10.7. The Morgan fingerprint density at radius 3 is 2.66 bits per heavy atom. The van der Waals surface area contributed by atoms with Gasteiger partial charge in [0.25, 0.3) is 0 Å². The number of cyclic esters (lactones) is 1. The highest BCUT2D eigenvalue weighted by Gasteiger charge is 2.23. The second-order valence-corrected chi connectivity index (χ2v) is 6.76. The summed E-state index contributed by atoms with van der Waals surface area (Å²) < 4.78 is 10.1. The zero-order chi connectivity index (χ0) is 20.4. The van der Waals surface area contributed by atoms with Crippen LogP contribution in [-0.2, 0) is 14.3 Å². The zero-order valence-electron chi connectivity index (χ0n) is 16.1. The summed E-state index contributed by atoms with van der Waals surface area (Å²) in [5, 5.41) is 0. The van der Waals surface area contributed by atoms with Crippen LogP contribution in [0.3, 0.4) is 0 Å². The summed E-state index contributed by atoms with van der Waals surface area (Å²) in [7, 11) is 0. The quantitative estimate of drug-likeness (QED) is 0.803. The van der Waals surface area contributed by atoms with Crippen molar-refractivity contribution in [3.8, 4) is 11.1 Å². The Hall–Kier alpha value is -3.61. The third-order valence-electron chi connectivity index (χ3n) is 4.80. The monoisotopic (exact) mass is 391 g/mol. The number of anilines is 1. The Balaban J connectivity index is 1.66. The molecule has 2 heterocycles. The van der Waals surface area contributed by atoms with Crippen LogP contribution in [0.4, 0.5) is 16.2 Å². The van der Waals surface area contributed by atoms with Crippen molar-refractivity contribution in [1.29, 1.82) is 0 Å². The molecule has 1 saturated heterocycles. The number of rotatable bonds is 4. The Labute approximate surface area is 168 Å². The molecule has 0 unspecified atom stereocenters. The molecule has 0 saturated carbocycles. The number of carbonyl (C=O) groups is 2. The number of nitrogens with two attached hydrogens (primary N) is 1. The number of amidine groups is 1. The van der Waals surface area contributed by atoms with Gasteiger partial charge in [-0.15, -0.1) is 0 Å². The fourth-order valence-electron chi connectivity index (χ4n) is 3.40. The lowest BCUT2D eigenvalue weighted by Gasteiger charge is -2.13. The number of fused-ring (bicyclic) bond motifs is 1. The summed E-state index contributed by atoms with van der Waals surface area (Å²) >= 11 is 0. The van der Waals surface area contributed by atoms with E-state index in [0.29, 0.717) is 36.9 Å². The van der Waals surface area contributed by atoms with E-state index in [1.807, 2.05) is 42.5 Å². The number of ether oxygens (including phenoxy) is 2. The van der Waals surface area contributed by atoms with Crippen LogP contribution < -0.4 is 10.6 Å². The van der Waals surface area contributed by atoms with Crippen molar-refractivity contribution in [3.63, 3.8) is 0 Å². The van der Waals surface area contributed by atoms with E-state index in [0.717, 1.165) is 22.4 Å². The van der Waals surface area contributed by atoms with Crippen LogP contribution in [0.2, 0.25) is 0 Å². The summed E-state index contributed by atoms with van der Waals surface area (Å²) in [6.45, 7) is 3.03. The van der Waals surface area contributed by atoms with E-state index in [1.165, 1.54) is 0 Å². The van der Waals surface area contributed by atoms with Gasteiger partial charge in [-0.05, 0) is 48.4 Å². The first-order valence-electron chi connectivity index (χ1n) is 9.44. The van der Waals surface area contributed by atoms with Crippen LogP contribution in [0.1, 0.15) is 18.9 Å². The topological polar surface area (TPSA) is 94.2 Å². The average molecular weight is 391 g/mol. The summed E-state index contributed by atoms with van der Waals surface area (Å²) in [4.78, 5) is 29.9. The highest BCUT2D eigenvalue weighted by Crippen LogP contribution is 2.32. The van der Waals surface area contributed by atoms with Gasteiger partial charge in [0.1, 0.15) is 12.4 Å². The smallest absolute Gasteiger partial charge is 0.414 e. The third-order valence-corrected chi connectivity index (χ3v) is 4.80. The largest absolute Gasteiger partial charge is 0.463 e. The molecule has 148 valence electrons. The number of benzene rings is 2. The van der Waals surface area contributed by atoms with Gasteiger partial charge in [-0.2, -0.15) is 0 Å². The van der Waals surface area contributed by atoms with E-state index < -0.39 is 0 Å². The van der Waals surface area contributed by atoms with E-state index in [2.05, 4.69) is 4.99 Å². The highest BCUT2D eigenvalue weighted by atomic mass is 16.6. The minimum Gasteiger partial charge on any atom is -0.463 e. The lowest BCUT2D eigenvalue weighted by molar-refractivity contribution is -0.138. The molecule has 29 heavy (non-hydrogen) atoms. The van der Waals surface area contributed by atoms with Crippen molar-refractivity contribution in [2.75, 3.05) is 24.7 Å². The van der Waals surface area contributed by atoms with Gasteiger partial charge >= 0.3 is 12.1 Å². The van der Waals surface area contributed by atoms with Crippen molar-refractivity contribution < 1.29 is 19.1 Å². The van der Waals surface area contributed by atoms with Gasteiger partial charge in [0, 0.05) is 23.2 Å². The molecule has 0 aromatic heterocycles. The van der Waals surface area contributed by atoms with Gasteiger partial charge in [-0.3, -0.25) is 4.90 Å². The van der Waals surface area contributed by atoms with E-state index in [1.54, 1.807) is 17.9 Å². The molecule has 2 aromatic rings. The first-order chi connectivity index (χ1) is 14.0. The van der Waals surface area contributed by atoms with Crippen LogP contribution in [0.5, 0.6) is 0 Å². The number of esters is 1.